The lowest BCUT2D eigenvalue weighted by atomic mass is 10.4. The van der Waals surface area contributed by atoms with Crippen molar-refractivity contribution in [2.24, 2.45) is 0 Å². The zero-order valence-corrected chi connectivity index (χ0v) is 7.05. The van der Waals surface area contributed by atoms with Gasteiger partial charge in [0.15, 0.2) is 0 Å². The number of nitrogens with zero attached hydrogens (tertiary/aromatic N) is 1. The van der Waals surface area contributed by atoms with E-state index in [1.807, 2.05) is 0 Å². The predicted octanol–water partition coefficient (Wildman–Crippen LogP) is 1.49. The lowest BCUT2D eigenvalue weighted by molar-refractivity contribution is -0.161. The van der Waals surface area contributed by atoms with Crippen LogP contribution in [0.3, 0.4) is 0 Å². The van der Waals surface area contributed by atoms with Crippen molar-refractivity contribution in [2.45, 2.75) is 11.1 Å². The first-order valence-corrected chi connectivity index (χ1v) is 4.14. The average Bonchev–Trinajstić information content (AvgIpc) is 2.52. The fourth-order valence-corrected chi connectivity index (χ4v) is 1.18. The molecule has 0 saturated carbocycles. The van der Waals surface area contributed by atoms with Crippen molar-refractivity contribution in [1.82, 2.24) is 4.98 Å². The van der Waals surface area contributed by atoms with E-state index < -0.39 is 17.6 Å². The van der Waals surface area contributed by atoms with Gasteiger partial charge in [-0.25, -0.2) is 9.78 Å². The van der Waals surface area contributed by atoms with Crippen LogP contribution in [0.2, 0.25) is 0 Å². The summed E-state index contributed by atoms with van der Waals surface area (Å²) in [6.45, 7) is 0. The maximum absolute atomic E-state index is 12.4. The maximum Gasteiger partial charge on any atom is 0.375 e. The lowest BCUT2D eigenvalue weighted by Gasteiger charge is -2.07. The van der Waals surface area contributed by atoms with Crippen molar-refractivity contribution >= 4 is 17.7 Å². The highest BCUT2D eigenvalue weighted by Crippen LogP contribution is 2.25. The van der Waals surface area contributed by atoms with Crippen molar-refractivity contribution in [2.75, 3.05) is 5.75 Å². The summed E-state index contributed by atoms with van der Waals surface area (Å²) in [4.78, 5) is 13.5. The third kappa shape index (κ3) is 2.69. The third-order valence-electron chi connectivity index (χ3n) is 1.10. The number of aliphatic carboxylic acids is 1. The highest BCUT2D eigenvalue weighted by Gasteiger charge is 2.39. The second-order valence-electron chi connectivity index (χ2n) is 2.10. The average molecular weight is 209 g/mol. The first kappa shape index (κ1) is 9.97. The Morgan fingerprint density at radius 2 is 2.46 bits per heavy atom. The van der Waals surface area contributed by atoms with Gasteiger partial charge < -0.3 is 9.52 Å². The summed E-state index contributed by atoms with van der Waals surface area (Å²) in [5.74, 6) is -6.78. The van der Waals surface area contributed by atoms with Crippen LogP contribution < -0.4 is 0 Å². The molecule has 0 atom stereocenters. The number of alkyl halides is 2. The summed E-state index contributed by atoms with van der Waals surface area (Å²) >= 11 is 0.554. The number of carboxylic acids is 1. The van der Waals surface area contributed by atoms with Gasteiger partial charge in [-0.15, -0.1) is 0 Å². The SMILES string of the molecule is O=C(O)C(F)(F)CSc1ncco1. The second-order valence-corrected chi connectivity index (χ2v) is 3.02. The molecule has 0 fully saturated rings. The Bertz CT molecular complexity index is 288. The normalized spacial score (nSPS) is 11.5. The predicted molar refractivity (Wildman–Crippen MR) is 39.8 cm³/mol. The fraction of sp³-hybridized carbons (Fsp3) is 0.333. The number of aromatic nitrogens is 1. The zero-order valence-electron chi connectivity index (χ0n) is 6.24. The Kier molecular flexibility index (Phi) is 2.86. The molecule has 1 aromatic rings. The number of thioether (sulfide) groups is 1. The van der Waals surface area contributed by atoms with Crippen molar-refractivity contribution in [3.05, 3.63) is 12.5 Å². The van der Waals surface area contributed by atoms with E-state index in [1.165, 1.54) is 12.5 Å². The summed E-state index contributed by atoms with van der Waals surface area (Å²) in [5, 5.41) is 8.08. The van der Waals surface area contributed by atoms with Crippen LogP contribution in [-0.2, 0) is 4.79 Å². The Morgan fingerprint density at radius 3 is 2.92 bits per heavy atom. The standard InChI is InChI=1S/C6H5F2NO3S/c7-6(8,4(10)11)3-13-5-9-1-2-12-5/h1-2H,3H2,(H,10,11). The van der Waals surface area contributed by atoms with Crippen LogP contribution in [0.1, 0.15) is 0 Å². The molecule has 7 heteroatoms. The van der Waals surface area contributed by atoms with Gasteiger partial charge in [0.05, 0.1) is 11.9 Å². The molecule has 13 heavy (non-hydrogen) atoms. The van der Waals surface area contributed by atoms with Gasteiger partial charge in [0.2, 0.25) is 0 Å². The number of rotatable bonds is 4. The summed E-state index contributed by atoms with van der Waals surface area (Å²) < 4.78 is 29.5. The molecule has 0 radical (unpaired) electrons. The molecule has 0 aromatic carbocycles. The van der Waals surface area contributed by atoms with E-state index in [0.717, 1.165) is 0 Å². The van der Waals surface area contributed by atoms with E-state index in [-0.39, 0.29) is 5.22 Å². The van der Waals surface area contributed by atoms with Crippen molar-refractivity contribution in [1.29, 1.82) is 0 Å². The minimum Gasteiger partial charge on any atom is -0.477 e. The molecule has 0 unspecified atom stereocenters. The largest absolute Gasteiger partial charge is 0.477 e. The van der Waals surface area contributed by atoms with Crippen molar-refractivity contribution in [3.8, 4) is 0 Å². The smallest absolute Gasteiger partial charge is 0.375 e. The Labute approximate surface area is 76.0 Å². The van der Waals surface area contributed by atoms with E-state index in [1.54, 1.807) is 0 Å². The molecule has 0 aliphatic carbocycles. The van der Waals surface area contributed by atoms with E-state index in [0.29, 0.717) is 11.8 Å². The first-order chi connectivity index (χ1) is 6.02. The highest BCUT2D eigenvalue weighted by molar-refractivity contribution is 7.99. The minimum atomic E-state index is -3.75. The molecule has 0 aliphatic heterocycles. The Balaban J connectivity index is 2.47. The topological polar surface area (TPSA) is 63.3 Å². The number of halogens is 2. The van der Waals surface area contributed by atoms with Gasteiger partial charge in [-0.2, -0.15) is 8.78 Å². The van der Waals surface area contributed by atoms with Gasteiger partial charge in [0.1, 0.15) is 6.26 Å². The molecular weight excluding hydrogens is 204 g/mol. The number of hydrogen-bond donors (Lipinski definition) is 1. The Hall–Kier alpha value is -1.11. The van der Waals surface area contributed by atoms with Crippen molar-refractivity contribution in [3.63, 3.8) is 0 Å². The molecular formula is C6H5F2NO3S. The first-order valence-electron chi connectivity index (χ1n) is 3.16. The molecule has 1 heterocycles. The summed E-state index contributed by atoms with van der Waals surface area (Å²) in [5.41, 5.74) is 0. The molecule has 4 nitrogen and oxygen atoms in total. The quantitative estimate of drug-likeness (QED) is 0.761. The number of hydrogen-bond acceptors (Lipinski definition) is 4. The van der Waals surface area contributed by atoms with Crippen molar-refractivity contribution < 1.29 is 23.1 Å². The van der Waals surface area contributed by atoms with E-state index in [2.05, 4.69) is 9.40 Å². The number of carbonyl (C=O) groups is 1. The van der Waals surface area contributed by atoms with Crippen LogP contribution in [0, 0.1) is 0 Å². The molecule has 1 rings (SSSR count). The highest BCUT2D eigenvalue weighted by atomic mass is 32.2. The molecule has 72 valence electrons. The summed E-state index contributed by atoms with van der Waals surface area (Å²) in [7, 11) is 0. The van der Waals surface area contributed by atoms with E-state index in [9.17, 15) is 13.6 Å². The van der Waals surface area contributed by atoms with Crippen LogP contribution in [0.4, 0.5) is 8.78 Å². The van der Waals surface area contributed by atoms with E-state index >= 15 is 0 Å². The molecule has 0 saturated heterocycles. The number of carboxylic acid groups (broad SMARTS) is 1. The number of oxazole rings is 1. The fourth-order valence-electron chi connectivity index (χ4n) is 0.496. The van der Waals surface area contributed by atoms with Gasteiger partial charge >= 0.3 is 11.9 Å². The molecule has 1 N–H and O–H groups in total. The zero-order chi connectivity index (χ0) is 9.90. The van der Waals surface area contributed by atoms with Crippen LogP contribution >= 0.6 is 11.8 Å². The van der Waals surface area contributed by atoms with Gasteiger partial charge in [-0.3, -0.25) is 0 Å². The van der Waals surface area contributed by atoms with Gasteiger partial charge in [0, 0.05) is 0 Å². The molecule has 1 aromatic heterocycles. The molecule has 0 aliphatic rings. The monoisotopic (exact) mass is 209 g/mol. The molecule has 0 amide bonds. The summed E-state index contributed by atoms with van der Waals surface area (Å²) in [6, 6.07) is 0. The third-order valence-corrected chi connectivity index (χ3v) is 2.05. The Morgan fingerprint density at radius 1 is 1.77 bits per heavy atom. The summed E-state index contributed by atoms with van der Waals surface area (Å²) in [6.07, 6.45) is 2.52. The second kappa shape index (κ2) is 3.73. The van der Waals surface area contributed by atoms with Gasteiger partial charge in [-0.1, -0.05) is 11.8 Å². The lowest BCUT2D eigenvalue weighted by Crippen LogP contribution is -2.30. The van der Waals surface area contributed by atoms with Crippen LogP contribution in [0.15, 0.2) is 22.1 Å². The van der Waals surface area contributed by atoms with E-state index in [4.69, 9.17) is 5.11 Å². The maximum atomic E-state index is 12.4. The van der Waals surface area contributed by atoms with Crippen LogP contribution in [0.5, 0.6) is 0 Å². The van der Waals surface area contributed by atoms with Gasteiger partial charge in [0.25, 0.3) is 5.22 Å². The minimum absolute atomic E-state index is 0.0286. The van der Waals surface area contributed by atoms with Crippen LogP contribution in [-0.4, -0.2) is 27.7 Å². The van der Waals surface area contributed by atoms with Gasteiger partial charge in [-0.05, 0) is 0 Å². The van der Waals surface area contributed by atoms with Crippen LogP contribution in [0.25, 0.3) is 0 Å². The molecule has 0 bridgehead atoms. The molecule has 0 spiro atoms.